The molecule has 0 radical (unpaired) electrons. The Labute approximate surface area is 89.1 Å². The molecule has 0 saturated carbocycles. The van der Waals surface area contributed by atoms with Crippen molar-refractivity contribution < 1.29 is 9.53 Å². The van der Waals surface area contributed by atoms with Gasteiger partial charge in [0.05, 0.1) is 11.8 Å². The highest BCUT2D eigenvalue weighted by Crippen LogP contribution is 2.27. The van der Waals surface area contributed by atoms with Gasteiger partial charge in [-0.05, 0) is 26.0 Å². The number of H-pyrrole nitrogens is 1. The molecule has 2 heterocycles. The molecule has 1 N–H and O–H groups in total. The lowest BCUT2D eigenvalue weighted by Crippen LogP contribution is -2.05. The summed E-state index contributed by atoms with van der Waals surface area (Å²) in [7, 11) is 0. The smallest absolute Gasteiger partial charge is 0.181 e. The number of carbonyl (C=O) groups is 1. The van der Waals surface area contributed by atoms with Gasteiger partial charge in [0.25, 0.3) is 0 Å². The molecule has 1 aromatic heterocycles. The molecular formula is C12H15NO2. The number of hydrogen-bond acceptors (Lipinski definition) is 2. The van der Waals surface area contributed by atoms with Crippen molar-refractivity contribution in [3.05, 3.63) is 35.7 Å². The topological polar surface area (TPSA) is 45.4 Å². The summed E-state index contributed by atoms with van der Waals surface area (Å²) in [5.41, 5.74) is 1.70. The third kappa shape index (κ3) is 2.36. The fourth-order valence-electron chi connectivity index (χ4n) is 1.64. The van der Waals surface area contributed by atoms with Crippen LogP contribution in [-0.2, 0) is 4.74 Å². The minimum absolute atomic E-state index is 0.0808. The normalized spacial score (nSPS) is 24.7. The summed E-state index contributed by atoms with van der Waals surface area (Å²) in [6.07, 6.45) is 4.63. The standard InChI is InChI=1S/C12H15NO2/c1-3-4-11-12(15-11)7-10(14)9-6-5-8(2)13-9/h3-6,11-13H,7H2,1-2H3/t11-,12+/m1/s1. The molecular weight excluding hydrogens is 190 g/mol. The van der Waals surface area contributed by atoms with Crippen LogP contribution in [0.25, 0.3) is 0 Å². The molecule has 0 bridgehead atoms. The van der Waals surface area contributed by atoms with Gasteiger partial charge in [-0.15, -0.1) is 0 Å². The number of carbonyl (C=O) groups excluding carboxylic acids is 1. The van der Waals surface area contributed by atoms with Gasteiger partial charge in [0, 0.05) is 12.1 Å². The second kappa shape index (κ2) is 4.03. The lowest BCUT2D eigenvalue weighted by molar-refractivity contribution is 0.0968. The van der Waals surface area contributed by atoms with E-state index in [0.29, 0.717) is 12.1 Å². The average Bonchev–Trinajstić information content (AvgIpc) is 2.76. The van der Waals surface area contributed by atoms with Gasteiger partial charge in [-0.1, -0.05) is 12.2 Å². The second-order valence-corrected chi connectivity index (χ2v) is 3.85. The summed E-state index contributed by atoms with van der Waals surface area (Å²) < 4.78 is 5.33. The van der Waals surface area contributed by atoms with E-state index in [1.807, 2.05) is 38.1 Å². The van der Waals surface area contributed by atoms with Crippen LogP contribution in [0.4, 0.5) is 0 Å². The first-order chi connectivity index (χ1) is 7.20. The van der Waals surface area contributed by atoms with Gasteiger partial charge >= 0.3 is 0 Å². The Morgan fingerprint density at radius 3 is 3.00 bits per heavy atom. The number of hydrogen-bond donors (Lipinski definition) is 1. The van der Waals surface area contributed by atoms with Crippen LogP contribution >= 0.6 is 0 Å². The van der Waals surface area contributed by atoms with Crippen molar-refractivity contribution in [3.8, 4) is 0 Å². The van der Waals surface area contributed by atoms with E-state index in [9.17, 15) is 4.79 Å². The molecule has 1 aromatic rings. The highest BCUT2D eigenvalue weighted by molar-refractivity contribution is 5.95. The van der Waals surface area contributed by atoms with Crippen LogP contribution < -0.4 is 0 Å². The summed E-state index contributed by atoms with van der Waals surface area (Å²) in [5.74, 6) is 0.125. The van der Waals surface area contributed by atoms with Crippen molar-refractivity contribution in [3.63, 3.8) is 0 Å². The fourth-order valence-corrected chi connectivity index (χ4v) is 1.64. The largest absolute Gasteiger partial charge is 0.365 e. The number of ketones is 1. The van der Waals surface area contributed by atoms with Gasteiger partial charge < -0.3 is 9.72 Å². The van der Waals surface area contributed by atoms with Crippen molar-refractivity contribution in [2.75, 3.05) is 0 Å². The maximum Gasteiger partial charge on any atom is 0.181 e. The summed E-state index contributed by atoms with van der Waals surface area (Å²) in [4.78, 5) is 14.8. The molecule has 0 aliphatic carbocycles. The highest BCUT2D eigenvalue weighted by atomic mass is 16.6. The Morgan fingerprint density at radius 2 is 2.40 bits per heavy atom. The van der Waals surface area contributed by atoms with E-state index in [0.717, 1.165) is 5.69 Å². The number of rotatable bonds is 4. The number of nitrogens with one attached hydrogen (secondary N) is 1. The van der Waals surface area contributed by atoms with E-state index < -0.39 is 0 Å². The van der Waals surface area contributed by atoms with Crippen LogP contribution in [0.15, 0.2) is 24.3 Å². The Balaban J connectivity index is 1.89. The molecule has 15 heavy (non-hydrogen) atoms. The predicted octanol–water partition coefficient (Wildman–Crippen LogP) is 2.24. The van der Waals surface area contributed by atoms with Crippen LogP contribution in [0.3, 0.4) is 0 Å². The van der Waals surface area contributed by atoms with Crippen LogP contribution in [0.1, 0.15) is 29.5 Å². The number of aryl methyl sites for hydroxylation is 1. The molecule has 1 saturated heterocycles. The maximum absolute atomic E-state index is 11.7. The zero-order valence-electron chi connectivity index (χ0n) is 8.99. The van der Waals surface area contributed by atoms with Gasteiger partial charge in [-0.2, -0.15) is 0 Å². The molecule has 3 nitrogen and oxygen atoms in total. The number of ether oxygens (including phenoxy) is 1. The zero-order valence-corrected chi connectivity index (χ0v) is 8.99. The monoisotopic (exact) mass is 205 g/mol. The molecule has 2 atom stereocenters. The quantitative estimate of drug-likeness (QED) is 0.465. The molecule has 80 valence electrons. The molecule has 0 spiro atoms. The summed E-state index contributed by atoms with van der Waals surface area (Å²) in [6.45, 7) is 3.89. The van der Waals surface area contributed by atoms with E-state index in [2.05, 4.69) is 4.98 Å². The van der Waals surface area contributed by atoms with E-state index in [-0.39, 0.29) is 18.0 Å². The van der Waals surface area contributed by atoms with Gasteiger partial charge in [-0.3, -0.25) is 4.79 Å². The first kappa shape index (κ1) is 10.2. The number of Topliss-reactive ketones (excluding diaryl/α,β-unsaturated/α-hetero) is 1. The maximum atomic E-state index is 11.7. The van der Waals surface area contributed by atoms with Crippen molar-refractivity contribution in [2.24, 2.45) is 0 Å². The SMILES string of the molecule is CC=C[C@H]1O[C@H]1CC(=O)c1ccc(C)[nH]1. The molecule has 1 fully saturated rings. The average molecular weight is 205 g/mol. The van der Waals surface area contributed by atoms with Gasteiger partial charge in [0.2, 0.25) is 0 Å². The first-order valence-corrected chi connectivity index (χ1v) is 5.18. The first-order valence-electron chi connectivity index (χ1n) is 5.18. The van der Waals surface area contributed by atoms with E-state index in [1.165, 1.54) is 0 Å². The summed E-state index contributed by atoms with van der Waals surface area (Å²) in [6, 6.07) is 3.73. The van der Waals surface area contributed by atoms with Crippen molar-refractivity contribution in [1.82, 2.24) is 4.98 Å². The Morgan fingerprint density at radius 1 is 1.60 bits per heavy atom. The molecule has 0 aromatic carbocycles. The lowest BCUT2D eigenvalue weighted by Gasteiger charge is -1.93. The summed E-state index contributed by atoms with van der Waals surface area (Å²) in [5, 5.41) is 0. The van der Waals surface area contributed by atoms with Gasteiger partial charge in [-0.25, -0.2) is 0 Å². The number of allylic oxidation sites excluding steroid dienone is 1. The van der Waals surface area contributed by atoms with Crippen LogP contribution in [0.5, 0.6) is 0 Å². The molecule has 1 aliphatic heterocycles. The van der Waals surface area contributed by atoms with Crippen LogP contribution in [0, 0.1) is 6.92 Å². The fraction of sp³-hybridized carbons (Fsp3) is 0.417. The van der Waals surface area contributed by atoms with E-state index in [4.69, 9.17) is 4.74 Å². The minimum Gasteiger partial charge on any atom is -0.365 e. The zero-order chi connectivity index (χ0) is 10.8. The molecule has 0 amide bonds. The minimum atomic E-state index is 0.0808. The summed E-state index contributed by atoms with van der Waals surface area (Å²) >= 11 is 0. The van der Waals surface area contributed by atoms with Crippen LogP contribution in [-0.4, -0.2) is 23.0 Å². The second-order valence-electron chi connectivity index (χ2n) is 3.85. The third-order valence-electron chi connectivity index (χ3n) is 2.52. The van der Waals surface area contributed by atoms with Crippen molar-refractivity contribution in [1.29, 1.82) is 0 Å². The van der Waals surface area contributed by atoms with Crippen molar-refractivity contribution in [2.45, 2.75) is 32.5 Å². The van der Waals surface area contributed by atoms with E-state index in [1.54, 1.807) is 0 Å². The molecule has 2 rings (SSSR count). The highest BCUT2D eigenvalue weighted by Gasteiger charge is 2.38. The van der Waals surface area contributed by atoms with Crippen molar-refractivity contribution >= 4 is 5.78 Å². The lowest BCUT2D eigenvalue weighted by atomic mass is 10.1. The molecule has 1 aliphatic rings. The molecule has 0 unspecified atom stereocenters. The van der Waals surface area contributed by atoms with Gasteiger partial charge in [0.15, 0.2) is 5.78 Å². The Kier molecular flexibility index (Phi) is 2.73. The Hall–Kier alpha value is -1.35. The van der Waals surface area contributed by atoms with Gasteiger partial charge in [0.1, 0.15) is 6.10 Å². The number of epoxide rings is 1. The number of aromatic amines is 1. The van der Waals surface area contributed by atoms with E-state index >= 15 is 0 Å². The predicted molar refractivity (Wildman–Crippen MR) is 58.0 cm³/mol. The number of aromatic nitrogens is 1. The third-order valence-corrected chi connectivity index (χ3v) is 2.52. The molecule has 3 heteroatoms. The Bertz CT molecular complexity index is 392. The van der Waals surface area contributed by atoms with Crippen LogP contribution in [0.2, 0.25) is 0 Å².